The Balaban J connectivity index is 1.54. The van der Waals surface area contributed by atoms with Gasteiger partial charge < -0.3 is 14.5 Å². The number of rotatable bonds is 3. The molecule has 0 aliphatic carbocycles. The zero-order valence-corrected chi connectivity index (χ0v) is 20.1. The zero-order chi connectivity index (χ0) is 24.3. The number of hydrogen-bond donors (Lipinski definition) is 0. The van der Waals surface area contributed by atoms with Gasteiger partial charge >= 0.3 is 12.1 Å². The van der Waals surface area contributed by atoms with Gasteiger partial charge in [-0.15, -0.1) is 5.10 Å². The van der Waals surface area contributed by atoms with E-state index in [0.29, 0.717) is 31.7 Å². The van der Waals surface area contributed by atoms with E-state index in [1.165, 1.54) is 4.68 Å². The third-order valence-corrected chi connectivity index (χ3v) is 5.73. The minimum absolute atomic E-state index is 0.219. The van der Waals surface area contributed by atoms with Gasteiger partial charge in [-0.1, -0.05) is 65.4 Å². The van der Waals surface area contributed by atoms with Gasteiger partial charge in [-0.3, -0.25) is 0 Å². The largest absolute Gasteiger partial charge is 0.444 e. The summed E-state index contributed by atoms with van der Waals surface area (Å²) in [4.78, 5) is 29.6. The van der Waals surface area contributed by atoms with Crippen molar-refractivity contribution in [2.45, 2.75) is 45.8 Å². The maximum atomic E-state index is 13.5. The Morgan fingerprint density at radius 1 is 1.03 bits per heavy atom. The molecule has 1 fully saturated rings. The van der Waals surface area contributed by atoms with Crippen molar-refractivity contribution in [3.63, 3.8) is 0 Å². The van der Waals surface area contributed by atoms with Crippen molar-refractivity contribution in [1.29, 1.82) is 0 Å². The van der Waals surface area contributed by atoms with Crippen LogP contribution in [0.3, 0.4) is 0 Å². The predicted molar refractivity (Wildman–Crippen MR) is 129 cm³/mol. The normalized spacial score (nSPS) is 16.4. The van der Waals surface area contributed by atoms with E-state index in [-0.39, 0.29) is 18.2 Å². The van der Waals surface area contributed by atoms with E-state index < -0.39 is 5.60 Å². The van der Waals surface area contributed by atoms with E-state index in [0.717, 1.165) is 16.7 Å². The number of benzene rings is 2. The van der Waals surface area contributed by atoms with Crippen LogP contribution in [0.25, 0.3) is 11.3 Å². The van der Waals surface area contributed by atoms with Crippen LogP contribution >= 0.6 is 0 Å². The first-order chi connectivity index (χ1) is 16.2. The lowest BCUT2D eigenvalue weighted by molar-refractivity contribution is 0.00893. The molecular formula is C26H31N5O3. The highest BCUT2D eigenvalue weighted by Crippen LogP contribution is 2.21. The van der Waals surface area contributed by atoms with Crippen LogP contribution in [-0.2, 0) is 11.2 Å². The van der Waals surface area contributed by atoms with Crippen molar-refractivity contribution < 1.29 is 14.3 Å². The fourth-order valence-electron chi connectivity index (χ4n) is 4.01. The number of amides is 2. The van der Waals surface area contributed by atoms with Gasteiger partial charge in [0.2, 0.25) is 0 Å². The fraction of sp³-hybridized carbons (Fsp3) is 0.385. The molecule has 4 rings (SSSR count). The molecule has 0 radical (unpaired) electrons. The molecule has 2 amide bonds. The lowest BCUT2D eigenvalue weighted by Gasteiger charge is -2.41. The molecular weight excluding hydrogens is 430 g/mol. The summed E-state index contributed by atoms with van der Waals surface area (Å²) in [6.45, 7) is 8.73. The number of piperazine rings is 1. The van der Waals surface area contributed by atoms with Crippen LogP contribution < -0.4 is 0 Å². The SMILES string of the molecule is Cc1ccc(-c2cn(C(=O)N3CCN(C(=O)OC(C)(C)C)CC3Cc3ccccc3)nn2)cc1. The fourth-order valence-corrected chi connectivity index (χ4v) is 4.01. The first-order valence-corrected chi connectivity index (χ1v) is 11.5. The molecule has 1 aliphatic heterocycles. The molecule has 178 valence electrons. The number of aryl methyl sites for hydroxylation is 1. The molecule has 1 saturated heterocycles. The average molecular weight is 462 g/mol. The third kappa shape index (κ3) is 5.62. The summed E-state index contributed by atoms with van der Waals surface area (Å²) in [6, 6.07) is 17.4. The highest BCUT2D eigenvalue weighted by Gasteiger charge is 2.35. The number of carbonyl (C=O) groups excluding carboxylic acids is 2. The maximum Gasteiger partial charge on any atom is 0.410 e. The van der Waals surface area contributed by atoms with E-state index in [2.05, 4.69) is 10.3 Å². The van der Waals surface area contributed by atoms with Gasteiger partial charge in [-0.25, -0.2) is 9.59 Å². The molecule has 0 spiro atoms. The summed E-state index contributed by atoms with van der Waals surface area (Å²) in [5.74, 6) is 0. The Hall–Kier alpha value is -3.68. The standard InChI is InChI=1S/C26H31N5O3/c1-19-10-12-21(13-11-19)23-18-31(28-27-23)24(32)30-15-14-29(25(33)34-26(2,3)4)17-22(30)16-20-8-6-5-7-9-20/h5-13,18,22H,14-17H2,1-4H3. The molecule has 0 saturated carbocycles. The Morgan fingerprint density at radius 2 is 1.74 bits per heavy atom. The van der Waals surface area contributed by atoms with Crippen LogP contribution in [0.4, 0.5) is 9.59 Å². The van der Waals surface area contributed by atoms with Gasteiger partial charge in [0.05, 0.1) is 12.2 Å². The third-order valence-electron chi connectivity index (χ3n) is 5.73. The molecule has 2 aromatic carbocycles. The maximum absolute atomic E-state index is 13.5. The van der Waals surface area contributed by atoms with E-state index in [1.54, 1.807) is 16.0 Å². The quantitative estimate of drug-likeness (QED) is 0.578. The molecule has 34 heavy (non-hydrogen) atoms. The molecule has 2 heterocycles. The first kappa shape index (κ1) is 23.5. The van der Waals surface area contributed by atoms with Gasteiger partial charge in [0.25, 0.3) is 0 Å². The Labute approximate surface area is 200 Å². The summed E-state index contributed by atoms with van der Waals surface area (Å²) in [5.41, 5.74) is 3.21. The van der Waals surface area contributed by atoms with Crippen LogP contribution in [0.1, 0.15) is 31.9 Å². The molecule has 8 heteroatoms. The molecule has 3 aromatic rings. The zero-order valence-electron chi connectivity index (χ0n) is 20.1. The average Bonchev–Trinajstić information content (AvgIpc) is 3.29. The van der Waals surface area contributed by atoms with Crippen LogP contribution in [0, 0.1) is 6.92 Å². The van der Waals surface area contributed by atoms with Crippen molar-refractivity contribution in [2.75, 3.05) is 19.6 Å². The summed E-state index contributed by atoms with van der Waals surface area (Å²) in [5, 5.41) is 8.31. The topological polar surface area (TPSA) is 80.6 Å². The minimum atomic E-state index is -0.577. The van der Waals surface area contributed by atoms with Crippen LogP contribution in [0.15, 0.2) is 60.8 Å². The Bertz CT molecular complexity index is 1140. The van der Waals surface area contributed by atoms with E-state index in [9.17, 15) is 9.59 Å². The smallest absolute Gasteiger partial charge is 0.410 e. The van der Waals surface area contributed by atoms with Crippen LogP contribution in [0.5, 0.6) is 0 Å². The molecule has 8 nitrogen and oxygen atoms in total. The van der Waals surface area contributed by atoms with E-state index in [4.69, 9.17) is 4.74 Å². The minimum Gasteiger partial charge on any atom is -0.444 e. The van der Waals surface area contributed by atoms with Gasteiger partial charge in [0.1, 0.15) is 11.3 Å². The van der Waals surface area contributed by atoms with Gasteiger partial charge in [-0.05, 0) is 39.7 Å². The monoisotopic (exact) mass is 461 g/mol. The number of carbonyl (C=O) groups is 2. The highest BCUT2D eigenvalue weighted by atomic mass is 16.6. The van der Waals surface area contributed by atoms with Gasteiger partial charge in [0.15, 0.2) is 0 Å². The van der Waals surface area contributed by atoms with E-state index in [1.807, 2.05) is 82.3 Å². The van der Waals surface area contributed by atoms with Crippen molar-refractivity contribution in [3.05, 3.63) is 71.9 Å². The second-order valence-corrected chi connectivity index (χ2v) is 9.66. The number of hydrogen-bond acceptors (Lipinski definition) is 5. The second kappa shape index (κ2) is 9.67. The summed E-state index contributed by atoms with van der Waals surface area (Å²) < 4.78 is 6.86. The van der Waals surface area contributed by atoms with Crippen molar-refractivity contribution in [2.24, 2.45) is 0 Å². The summed E-state index contributed by atoms with van der Waals surface area (Å²) >= 11 is 0. The second-order valence-electron chi connectivity index (χ2n) is 9.66. The van der Waals surface area contributed by atoms with Gasteiger partial charge in [-0.2, -0.15) is 4.68 Å². The molecule has 0 N–H and O–H groups in total. The molecule has 1 unspecified atom stereocenters. The van der Waals surface area contributed by atoms with Crippen molar-refractivity contribution >= 4 is 12.1 Å². The Kier molecular flexibility index (Phi) is 6.68. The number of nitrogens with zero attached hydrogens (tertiary/aromatic N) is 5. The molecule has 1 aromatic heterocycles. The molecule has 1 atom stereocenters. The van der Waals surface area contributed by atoms with Crippen molar-refractivity contribution in [3.8, 4) is 11.3 Å². The van der Waals surface area contributed by atoms with Crippen LogP contribution in [-0.4, -0.2) is 68.2 Å². The highest BCUT2D eigenvalue weighted by molar-refractivity contribution is 5.78. The van der Waals surface area contributed by atoms with Gasteiger partial charge in [0, 0.05) is 25.2 Å². The lowest BCUT2D eigenvalue weighted by Crippen LogP contribution is -2.58. The number of ether oxygens (including phenoxy) is 1. The first-order valence-electron chi connectivity index (χ1n) is 11.5. The lowest BCUT2D eigenvalue weighted by atomic mass is 10.0. The molecule has 1 aliphatic rings. The summed E-state index contributed by atoms with van der Waals surface area (Å²) in [6.07, 6.45) is 1.91. The van der Waals surface area contributed by atoms with Crippen molar-refractivity contribution in [1.82, 2.24) is 24.8 Å². The molecule has 0 bridgehead atoms. The number of aromatic nitrogens is 3. The Morgan fingerprint density at radius 3 is 2.41 bits per heavy atom. The predicted octanol–water partition coefficient (Wildman–Crippen LogP) is 4.39. The van der Waals surface area contributed by atoms with Crippen LogP contribution in [0.2, 0.25) is 0 Å². The van der Waals surface area contributed by atoms with E-state index >= 15 is 0 Å². The summed E-state index contributed by atoms with van der Waals surface area (Å²) in [7, 11) is 0.